The Morgan fingerprint density at radius 1 is 0.349 bits per heavy atom. The average Bonchev–Trinajstić information content (AvgIpc) is 1.67. The van der Waals surface area contributed by atoms with Crippen LogP contribution in [0.1, 0.15) is 241 Å². The van der Waals surface area contributed by atoms with Crippen LogP contribution in [0, 0.1) is 57.9 Å². The van der Waals surface area contributed by atoms with Crippen LogP contribution in [-0.2, 0) is 0 Å². The van der Waals surface area contributed by atoms with Crippen LogP contribution < -0.4 is 67.9 Å². The normalized spacial score (nSPS) is 12.4. The van der Waals surface area contributed by atoms with E-state index in [4.69, 9.17) is 113 Å². The molecular formula is C112H112Cl4F4N20O9. The molecule has 4 amide bonds. The minimum absolute atomic E-state index is 0.101. The van der Waals surface area contributed by atoms with Gasteiger partial charge in [0.1, 0.15) is 120 Å². The first-order valence-corrected chi connectivity index (χ1v) is 49.5. The summed E-state index contributed by atoms with van der Waals surface area (Å²) in [5.74, 6) is -2.75. The smallest absolute Gasteiger partial charge is 0.262 e. The van der Waals surface area contributed by atoms with Crippen molar-refractivity contribution in [1.82, 2.24) is 62.8 Å². The van der Waals surface area contributed by atoms with E-state index in [9.17, 15) is 19.2 Å². The molecule has 5 atom stereocenters. The second-order valence-corrected chi connectivity index (χ2v) is 38.6. The predicted molar refractivity (Wildman–Crippen MR) is 579 cm³/mol. The summed E-state index contributed by atoms with van der Waals surface area (Å²) in [6.45, 7) is 33.1. The topological polar surface area (TPSA) is 387 Å². The standard InChI is InChI=1S/2C29H27ClFN5O2.C27H29ClFN5O3.C27H29ClFN5O2/c1-15(2)38-26-20(16(3)28-34-17(4)25-27(32)33-12-13-36(25)28)14-21(30)24(31)23(26)29(37)35-22-11-7-9-18-8-5-6-10-19(18)22;1-15(2)38-26-21(16(3)28-34-17(4)25-27(32)33-11-12-36(25)28)14-22(30)24(31)23(26)29(37)35-20-10-9-18-7-5-6-8-19(18)13-20;1-13(2)37-24-18(15(4)26-32-16(5)23-25(30)31-9-10-34(23)26)12-19(28)22(29)21(24)27(35)33-20-8-7-17(36-6)11-14(20)3;1-14(2)36-24-19(15(3)26-32-17(5)23-25(30)31-11-12-34(23)26)13-20(28)22(29)21(24)27(35)33-16(4)18-9-7-6-8-10-18/h2*5-16H,1-4H3,(H2,32,33)(H,35,37);7-13,15H,1-6H3,(H2,30,31)(H,33,35);6-16H,1-5H3,(H2,30,31)(H,33,35)/t;16-;;/m.0../s1. The number of halogens is 8. The molecule has 0 radical (unpaired) electrons. The van der Waals surface area contributed by atoms with E-state index in [0.29, 0.717) is 136 Å². The van der Waals surface area contributed by atoms with E-state index in [0.717, 1.165) is 32.7 Å². The summed E-state index contributed by atoms with van der Waals surface area (Å²) in [6, 6.07) is 46.7. The number of fused-ring (bicyclic) bond motifs is 6. The van der Waals surface area contributed by atoms with Crippen LogP contribution in [0.15, 0.2) is 207 Å². The molecule has 149 heavy (non-hydrogen) atoms. The summed E-state index contributed by atoms with van der Waals surface area (Å²) in [5.41, 5.74) is 34.2. The molecule has 37 heteroatoms. The van der Waals surface area contributed by atoms with Crippen LogP contribution in [0.2, 0.25) is 20.1 Å². The lowest BCUT2D eigenvalue weighted by Gasteiger charge is -2.23. The zero-order chi connectivity index (χ0) is 107. The van der Waals surface area contributed by atoms with Gasteiger partial charge in [-0.1, -0.05) is 171 Å². The number of nitrogens with zero attached hydrogens (tertiary/aromatic N) is 12. The Balaban J connectivity index is 0.000000149. The van der Waals surface area contributed by atoms with Gasteiger partial charge in [-0.2, -0.15) is 0 Å². The number of carbonyl (C=O) groups is 4. The molecule has 8 heterocycles. The van der Waals surface area contributed by atoms with Crippen molar-refractivity contribution in [2.45, 2.75) is 179 Å². The highest BCUT2D eigenvalue weighted by Gasteiger charge is 2.37. The van der Waals surface area contributed by atoms with Gasteiger partial charge >= 0.3 is 0 Å². The van der Waals surface area contributed by atoms with Crippen LogP contribution in [0.25, 0.3) is 43.6 Å². The quantitative estimate of drug-likeness (QED) is 0.0233. The molecule has 0 saturated carbocycles. The van der Waals surface area contributed by atoms with Gasteiger partial charge in [-0.15, -0.1) is 0 Å². The second kappa shape index (κ2) is 45.2. The molecule has 10 aromatic carbocycles. The molecular weight excluding hydrogens is 1990 g/mol. The molecule has 0 aliphatic rings. The number of methoxy groups -OCH3 is 1. The van der Waals surface area contributed by atoms with Crippen molar-refractivity contribution in [2.24, 2.45) is 0 Å². The Kier molecular flexibility index (Phi) is 32.6. The molecule has 0 aliphatic carbocycles. The third-order valence-electron chi connectivity index (χ3n) is 25.1. The Labute approximate surface area is 877 Å². The molecule has 0 bridgehead atoms. The summed E-state index contributed by atoms with van der Waals surface area (Å²) in [6.07, 6.45) is 12.0. The molecule has 0 aliphatic heterocycles. The number of ether oxygens (including phenoxy) is 5. The molecule has 770 valence electrons. The Bertz CT molecular complexity index is 8190. The molecule has 0 spiro atoms. The molecule has 29 nitrogen and oxygen atoms in total. The van der Waals surface area contributed by atoms with Crippen LogP contribution in [0.5, 0.6) is 28.7 Å². The molecule has 12 N–H and O–H groups in total. The van der Waals surface area contributed by atoms with E-state index in [1.54, 1.807) is 101 Å². The van der Waals surface area contributed by atoms with Gasteiger partial charge in [0.15, 0.2) is 23.3 Å². The first-order chi connectivity index (χ1) is 70.9. The van der Waals surface area contributed by atoms with E-state index >= 15 is 17.6 Å². The molecule has 18 rings (SSSR count). The van der Waals surface area contributed by atoms with Gasteiger partial charge in [0.25, 0.3) is 23.6 Å². The monoisotopic (exact) mass is 2100 g/mol. The van der Waals surface area contributed by atoms with Gasteiger partial charge in [-0.25, -0.2) is 57.4 Å². The minimum atomic E-state index is -0.866. The maximum Gasteiger partial charge on any atom is 0.262 e. The van der Waals surface area contributed by atoms with Crippen molar-refractivity contribution in [1.29, 1.82) is 0 Å². The Morgan fingerprint density at radius 3 is 1.03 bits per heavy atom. The second-order valence-electron chi connectivity index (χ2n) is 37.0. The average molecular weight is 2100 g/mol. The number of aromatic nitrogens is 12. The van der Waals surface area contributed by atoms with Crippen LogP contribution in [0.4, 0.5) is 57.9 Å². The third kappa shape index (κ3) is 22.4. The van der Waals surface area contributed by atoms with Gasteiger partial charge in [-0.05, 0) is 185 Å². The fourth-order valence-electron chi connectivity index (χ4n) is 18.1. The molecule has 18 aromatic rings. The number of nitrogen functional groups attached to an aromatic ring is 4. The SMILES string of the molecule is COc1ccc(NC(=O)c2c(F)c(Cl)cc(C(C)c3nc(C)c4c(N)nccn34)c2OC(C)C)c(C)c1.Cc1nc(C(C)c2cc(Cl)c(F)c(C(=O)NC(C)c3ccccc3)c2OC(C)C)n2ccnc(N)c12.Cc1nc(C(C)c2cc(Cl)c(F)c(C(=O)Nc3cccc4ccccc34)c2OC(C)C)n2ccnc(N)c12.Cc1nc([C@@H](C)c2cc(Cl)c(F)c(C(=O)Nc3ccc4ccccc4c3)c2OC(C)C)n2ccnc(N)c12. The van der Waals surface area contributed by atoms with Gasteiger partial charge in [0, 0.05) is 118 Å². The molecule has 0 fully saturated rings. The summed E-state index contributed by atoms with van der Waals surface area (Å²) in [5, 5.41) is 14.3. The molecule has 8 aromatic heterocycles. The van der Waals surface area contributed by atoms with E-state index in [-0.39, 0.29) is 95.8 Å². The zero-order valence-electron chi connectivity index (χ0n) is 85.2. The first-order valence-electron chi connectivity index (χ1n) is 48.0. The van der Waals surface area contributed by atoms with Gasteiger partial charge in [-0.3, -0.25) is 36.8 Å². The fraction of sp³-hybridized carbons (Fsp3) is 0.250. The number of benzene rings is 10. The fourth-order valence-corrected chi connectivity index (χ4v) is 18.9. The van der Waals surface area contributed by atoms with Crippen molar-refractivity contribution in [3.8, 4) is 28.7 Å². The number of hydrogen-bond donors (Lipinski definition) is 8. The number of hydrogen-bond acceptors (Lipinski definition) is 21. The Morgan fingerprint density at radius 2 is 0.671 bits per heavy atom. The highest BCUT2D eigenvalue weighted by atomic mass is 35.5. The summed E-state index contributed by atoms with van der Waals surface area (Å²) in [4.78, 5) is 89.7. The number of aryl methyl sites for hydroxylation is 5. The summed E-state index contributed by atoms with van der Waals surface area (Å²) >= 11 is 25.4. The van der Waals surface area contributed by atoms with Crippen LogP contribution >= 0.6 is 46.4 Å². The van der Waals surface area contributed by atoms with Crippen molar-refractivity contribution < 1.29 is 60.4 Å². The largest absolute Gasteiger partial charge is 0.497 e. The maximum atomic E-state index is 15.6. The summed E-state index contributed by atoms with van der Waals surface area (Å²) in [7, 11) is 1.56. The lowest BCUT2D eigenvalue weighted by Crippen LogP contribution is -2.29. The summed E-state index contributed by atoms with van der Waals surface area (Å²) < 4.78 is 99.1. The lowest BCUT2D eigenvalue weighted by atomic mass is 9.95. The number of carbonyl (C=O) groups excluding carboxylic acids is 4. The predicted octanol–water partition coefficient (Wildman–Crippen LogP) is 25.3. The Hall–Kier alpha value is -15.8. The van der Waals surface area contributed by atoms with Crippen molar-refractivity contribution in [3.05, 3.63) is 352 Å². The van der Waals surface area contributed by atoms with E-state index in [1.165, 1.54) is 24.3 Å². The van der Waals surface area contributed by atoms with Gasteiger partial charge in [0.05, 0.1) is 80.4 Å². The van der Waals surface area contributed by atoms with Crippen molar-refractivity contribution in [2.75, 3.05) is 46.0 Å². The number of nitrogens with one attached hydrogen (secondary N) is 4. The molecule has 4 unspecified atom stereocenters. The highest BCUT2D eigenvalue weighted by Crippen LogP contribution is 2.47. The number of amides is 4. The molecule has 0 saturated heterocycles. The minimum Gasteiger partial charge on any atom is -0.497 e. The lowest BCUT2D eigenvalue weighted by molar-refractivity contribution is 0.0926. The van der Waals surface area contributed by atoms with Crippen LogP contribution in [-0.4, -0.2) is 113 Å². The van der Waals surface area contributed by atoms with Gasteiger partial charge < -0.3 is 67.9 Å². The first kappa shape index (κ1) is 107. The number of rotatable bonds is 26. The zero-order valence-corrected chi connectivity index (χ0v) is 88.2. The number of imidazole rings is 4. The van der Waals surface area contributed by atoms with Crippen molar-refractivity contribution in [3.63, 3.8) is 0 Å². The van der Waals surface area contributed by atoms with Gasteiger partial charge in [0.2, 0.25) is 0 Å². The van der Waals surface area contributed by atoms with E-state index < -0.39 is 70.6 Å². The highest BCUT2D eigenvalue weighted by molar-refractivity contribution is 6.33. The van der Waals surface area contributed by atoms with E-state index in [2.05, 4.69) is 41.2 Å². The van der Waals surface area contributed by atoms with Crippen molar-refractivity contribution >= 4 is 154 Å². The number of anilines is 7. The third-order valence-corrected chi connectivity index (χ3v) is 26.2. The van der Waals surface area contributed by atoms with Crippen LogP contribution in [0.3, 0.4) is 0 Å². The number of nitrogens with two attached hydrogens (primary N) is 4. The van der Waals surface area contributed by atoms with E-state index in [1.807, 2.05) is 232 Å². The maximum absolute atomic E-state index is 15.6.